The molecule has 4 aromatic rings. The minimum atomic E-state index is -0.349. The first-order valence-electron chi connectivity index (χ1n) is 10.7. The predicted molar refractivity (Wildman–Crippen MR) is 131 cm³/mol. The maximum absolute atomic E-state index is 11.6. The van der Waals surface area contributed by atoms with Crippen molar-refractivity contribution in [3.05, 3.63) is 78.5 Å². The number of methoxy groups -OCH3 is 1. The first kappa shape index (κ1) is 21.1. The number of ether oxygens (including phenoxy) is 1. The van der Waals surface area contributed by atoms with E-state index in [1.165, 1.54) is 24.1 Å². The molecule has 0 spiro atoms. The summed E-state index contributed by atoms with van der Waals surface area (Å²) >= 11 is 1.53. The topological polar surface area (TPSA) is 71.5 Å². The molecule has 33 heavy (non-hydrogen) atoms. The van der Waals surface area contributed by atoms with Crippen LogP contribution in [-0.2, 0) is 4.74 Å². The number of nitrogens with zero attached hydrogens (tertiary/aromatic N) is 5. The first-order chi connectivity index (χ1) is 16.2. The molecule has 3 heterocycles. The minimum Gasteiger partial charge on any atom is -0.465 e. The van der Waals surface area contributed by atoms with Crippen LogP contribution in [0.5, 0.6) is 0 Å². The van der Waals surface area contributed by atoms with E-state index in [1.54, 1.807) is 12.1 Å². The quantitative estimate of drug-likeness (QED) is 0.412. The third kappa shape index (κ3) is 4.56. The van der Waals surface area contributed by atoms with Crippen LogP contribution in [0.4, 0.5) is 11.5 Å². The third-order valence-electron chi connectivity index (χ3n) is 5.71. The molecule has 7 nitrogen and oxygen atoms in total. The molecule has 0 atom stereocenters. The zero-order valence-corrected chi connectivity index (χ0v) is 19.0. The molecule has 0 aliphatic carbocycles. The number of benzene rings is 2. The lowest BCUT2D eigenvalue weighted by Crippen LogP contribution is -2.46. The average molecular weight is 458 g/mol. The monoisotopic (exact) mass is 457 g/mol. The molecule has 1 aliphatic rings. The van der Waals surface area contributed by atoms with Gasteiger partial charge in [0.25, 0.3) is 0 Å². The minimum absolute atomic E-state index is 0.349. The Kier molecular flexibility index (Phi) is 5.99. The number of carbonyl (C=O) groups excluding carboxylic acids is 1. The molecule has 0 saturated carbocycles. The fourth-order valence-electron chi connectivity index (χ4n) is 3.87. The van der Waals surface area contributed by atoms with Crippen LogP contribution in [0.2, 0.25) is 0 Å². The zero-order chi connectivity index (χ0) is 22.6. The van der Waals surface area contributed by atoms with E-state index in [1.807, 2.05) is 30.5 Å². The van der Waals surface area contributed by atoms with Gasteiger partial charge in [-0.1, -0.05) is 29.5 Å². The lowest BCUT2D eigenvalue weighted by Gasteiger charge is -2.36. The molecule has 0 amide bonds. The molecule has 0 unspecified atom stereocenters. The Morgan fingerprint density at radius 3 is 2.00 bits per heavy atom. The fraction of sp³-hybridized carbons (Fsp3) is 0.200. The van der Waals surface area contributed by atoms with Gasteiger partial charge in [-0.05, 0) is 48.5 Å². The Morgan fingerprint density at radius 1 is 0.818 bits per heavy atom. The van der Waals surface area contributed by atoms with Crippen LogP contribution in [-0.4, -0.2) is 54.4 Å². The number of rotatable bonds is 5. The number of hydrogen-bond acceptors (Lipinski definition) is 8. The van der Waals surface area contributed by atoms with E-state index >= 15 is 0 Å². The van der Waals surface area contributed by atoms with E-state index in [-0.39, 0.29) is 5.97 Å². The number of pyridine rings is 1. The van der Waals surface area contributed by atoms with Gasteiger partial charge < -0.3 is 14.5 Å². The Labute approximate surface area is 196 Å². The number of piperazine rings is 1. The fourth-order valence-corrected chi connectivity index (χ4v) is 4.73. The summed E-state index contributed by atoms with van der Waals surface area (Å²) in [5.74, 6) is 0.692. The van der Waals surface area contributed by atoms with Gasteiger partial charge in [0.2, 0.25) is 0 Å². The highest BCUT2D eigenvalue weighted by molar-refractivity contribution is 7.17. The molecule has 166 valence electrons. The van der Waals surface area contributed by atoms with Crippen LogP contribution in [0, 0.1) is 0 Å². The Bertz CT molecular complexity index is 1220. The van der Waals surface area contributed by atoms with E-state index in [4.69, 9.17) is 4.74 Å². The smallest absolute Gasteiger partial charge is 0.337 e. The number of carbonyl (C=O) groups is 1. The van der Waals surface area contributed by atoms with Crippen LogP contribution in [0.25, 0.3) is 21.1 Å². The molecular weight excluding hydrogens is 434 g/mol. The summed E-state index contributed by atoms with van der Waals surface area (Å²) in [6, 6.07) is 21.8. The van der Waals surface area contributed by atoms with Crippen molar-refractivity contribution in [2.45, 2.75) is 0 Å². The van der Waals surface area contributed by atoms with Crippen LogP contribution >= 0.6 is 11.3 Å². The average Bonchev–Trinajstić information content (AvgIpc) is 3.39. The van der Waals surface area contributed by atoms with E-state index in [2.05, 4.69) is 55.3 Å². The number of esters is 1. The molecule has 5 rings (SSSR count). The Morgan fingerprint density at radius 2 is 1.42 bits per heavy atom. The second-order valence-corrected chi connectivity index (χ2v) is 8.67. The van der Waals surface area contributed by atoms with Crippen molar-refractivity contribution in [3.63, 3.8) is 0 Å². The van der Waals surface area contributed by atoms with Gasteiger partial charge in [-0.15, -0.1) is 10.2 Å². The standard InChI is InChI=1S/C25H23N5O2S/c1-32-25(31)20-7-5-18(6-8-20)23-27-28-24(33-23)19-9-11-21(12-10-19)29-14-16-30(17-15-29)22-4-2-3-13-26-22/h2-13H,14-17H2,1H3. The van der Waals surface area contributed by atoms with E-state index in [9.17, 15) is 4.79 Å². The molecule has 0 radical (unpaired) electrons. The number of anilines is 2. The highest BCUT2D eigenvalue weighted by Crippen LogP contribution is 2.31. The Balaban J connectivity index is 1.24. The first-order valence-corrected chi connectivity index (χ1v) is 11.6. The van der Waals surface area contributed by atoms with Gasteiger partial charge in [-0.3, -0.25) is 0 Å². The lowest BCUT2D eigenvalue weighted by molar-refractivity contribution is 0.0601. The van der Waals surface area contributed by atoms with Crippen LogP contribution in [0.1, 0.15) is 10.4 Å². The van der Waals surface area contributed by atoms with Crippen molar-refractivity contribution < 1.29 is 9.53 Å². The molecule has 1 saturated heterocycles. The van der Waals surface area contributed by atoms with Crippen LogP contribution < -0.4 is 9.80 Å². The second kappa shape index (κ2) is 9.38. The number of hydrogen-bond donors (Lipinski definition) is 0. The molecular formula is C25H23N5O2S. The maximum atomic E-state index is 11.6. The summed E-state index contributed by atoms with van der Waals surface area (Å²) in [5.41, 5.74) is 3.69. The predicted octanol–water partition coefficient (Wildman–Crippen LogP) is 4.38. The summed E-state index contributed by atoms with van der Waals surface area (Å²) in [6.07, 6.45) is 1.84. The van der Waals surface area contributed by atoms with Gasteiger partial charge >= 0.3 is 5.97 Å². The molecule has 1 aliphatic heterocycles. The molecule has 1 fully saturated rings. The van der Waals surface area contributed by atoms with Gasteiger partial charge in [-0.25, -0.2) is 9.78 Å². The second-order valence-electron chi connectivity index (χ2n) is 7.69. The lowest BCUT2D eigenvalue weighted by atomic mass is 10.1. The third-order valence-corrected chi connectivity index (χ3v) is 6.73. The van der Waals surface area contributed by atoms with E-state index < -0.39 is 0 Å². The summed E-state index contributed by atoms with van der Waals surface area (Å²) in [6.45, 7) is 3.82. The molecule has 0 bridgehead atoms. The SMILES string of the molecule is COC(=O)c1ccc(-c2nnc(-c3ccc(N4CCN(c5ccccn5)CC4)cc3)s2)cc1. The summed E-state index contributed by atoms with van der Waals surface area (Å²) in [5, 5.41) is 10.4. The maximum Gasteiger partial charge on any atom is 0.337 e. The number of aromatic nitrogens is 3. The van der Waals surface area contributed by atoms with Crippen molar-refractivity contribution in [1.29, 1.82) is 0 Å². The van der Waals surface area contributed by atoms with Crippen molar-refractivity contribution in [2.24, 2.45) is 0 Å². The molecule has 0 N–H and O–H groups in total. The van der Waals surface area contributed by atoms with Crippen LogP contribution in [0.15, 0.2) is 72.9 Å². The van der Waals surface area contributed by atoms with Crippen molar-refractivity contribution >= 4 is 28.8 Å². The van der Waals surface area contributed by atoms with Gasteiger partial charge in [0.1, 0.15) is 15.8 Å². The molecule has 2 aromatic carbocycles. The highest BCUT2D eigenvalue weighted by Gasteiger charge is 2.18. The highest BCUT2D eigenvalue weighted by atomic mass is 32.1. The van der Waals surface area contributed by atoms with Crippen molar-refractivity contribution in [1.82, 2.24) is 15.2 Å². The zero-order valence-electron chi connectivity index (χ0n) is 18.2. The van der Waals surface area contributed by atoms with Gasteiger partial charge in [-0.2, -0.15) is 0 Å². The Hall–Kier alpha value is -3.78. The van der Waals surface area contributed by atoms with Gasteiger partial charge in [0.05, 0.1) is 12.7 Å². The van der Waals surface area contributed by atoms with Gasteiger partial charge in [0, 0.05) is 49.2 Å². The summed E-state index contributed by atoms with van der Waals surface area (Å²) in [7, 11) is 1.38. The summed E-state index contributed by atoms with van der Waals surface area (Å²) < 4.78 is 4.75. The van der Waals surface area contributed by atoms with Crippen LogP contribution in [0.3, 0.4) is 0 Å². The van der Waals surface area contributed by atoms with Gasteiger partial charge in [0.15, 0.2) is 0 Å². The summed E-state index contributed by atoms with van der Waals surface area (Å²) in [4.78, 5) is 20.8. The molecule has 2 aromatic heterocycles. The van der Waals surface area contributed by atoms with E-state index in [0.29, 0.717) is 5.56 Å². The van der Waals surface area contributed by atoms with E-state index in [0.717, 1.165) is 53.1 Å². The largest absolute Gasteiger partial charge is 0.465 e. The normalized spacial score (nSPS) is 13.7. The van der Waals surface area contributed by atoms with Crippen molar-refractivity contribution in [3.8, 4) is 21.1 Å². The van der Waals surface area contributed by atoms with Crippen molar-refractivity contribution in [2.75, 3.05) is 43.1 Å². The molecule has 8 heteroatoms.